The van der Waals surface area contributed by atoms with E-state index in [2.05, 4.69) is 55.1 Å². The summed E-state index contributed by atoms with van der Waals surface area (Å²) in [6, 6.07) is 16.2. The van der Waals surface area contributed by atoms with Crippen LogP contribution < -0.4 is 15.4 Å². The van der Waals surface area contributed by atoms with Gasteiger partial charge in [-0.3, -0.25) is 9.89 Å². The number of rotatable bonds is 7. The van der Waals surface area contributed by atoms with Crippen LogP contribution in [0.15, 0.2) is 59.7 Å². The lowest BCUT2D eigenvalue weighted by Crippen LogP contribution is -2.35. The Bertz CT molecular complexity index is 1000. The average molecular weight is 419 g/mol. The molecule has 5 rings (SSSR count). The van der Waals surface area contributed by atoms with Crippen LogP contribution in [0.4, 0.5) is 11.5 Å². The van der Waals surface area contributed by atoms with E-state index in [-0.39, 0.29) is 6.23 Å². The fraction of sp³-hybridized carbons (Fsp3) is 0.318. The number of aliphatic imine (C=N–C) groups is 1. The first-order valence-electron chi connectivity index (χ1n) is 10.4. The zero-order chi connectivity index (χ0) is 20.9. The topological polar surface area (TPSA) is 88.8 Å². The van der Waals surface area contributed by atoms with E-state index in [1.807, 2.05) is 30.5 Å². The molecular weight excluding hydrogens is 394 g/mol. The van der Waals surface area contributed by atoms with Crippen molar-refractivity contribution in [1.82, 2.24) is 25.2 Å². The molecule has 0 bridgehead atoms. The number of ether oxygens (including phenoxy) is 2. The normalized spacial score (nSPS) is 18.6. The molecule has 2 aliphatic heterocycles. The van der Waals surface area contributed by atoms with Gasteiger partial charge in [-0.25, -0.2) is 4.68 Å². The van der Waals surface area contributed by atoms with Gasteiger partial charge in [-0.15, -0.1) is 5.10 Å². The number of benzene rings is 2. The van der Waals surface area contributed by atoms with Gasteiger partial charge in [0.1, 0.15) is 5.75 Å². The third-order valence-corrected chi connectivity index (χ3v) is 5.23. The number of morpholine rings is 1. The molecule has 1 aromatic heterocycles. The molecule has 31 heavy (non-hydrogen) atoms. The molecule has 160 valence electrons. The molecule has 1 saturated heterocycles. The van der Waals surface area contributed by atoms with E-state index in [0.29, 0.717) is 12.4 Å². The molecule has 9 nitrogen and oxygen atoms in total. The Hall–Kier alpha value is -3.43. The summed E-state index contributed by atoms with van der Waals surface area (Å²) in [5, 5.41) is 14.8. The number of hydrogen-bond donors (Lipinski definition) is 2. The third kappa shape index (κ3) is 5.01. The minimum absolute atomic E-state index is 0.103. The summed E-state index contributed by atoms with van der Waals surface area (Å²) in [6.07, 6.45) is 3.43. The van der Waals surface area contributed by atoms with E-state index >= 15 is 0 Å². The van der Waals surface area contributed by atoms with Gasteiger partial charge in [0, 0.05) is 25.3 Å². The number of nitrogens with zero attached hydrogens (tertiary/aromatic N) is 5. The van der Waals surface area contributed by atoms with Crippen molar-refractivity contribution in [2.45, 2.75) is 12.8 Å². The quantitative estimate of drug-likeness (QED) is 0.607. The van der Waals surface area contributed by atoms with Crippen molar-refractivity contribution in [3.63, 3.8) is 0 Å². The Morgan fingerprint density at radius 2 is 1.87 bits per heavy atom. The molecule has 2 N–H and O–H groups in total. The highest BCUT2D eigenvalue weighted by Gasteiger charge is 2.12. The van der Waals surface area contributed by atoms with Gasteiger partial charge in [0.15, 0.2) is 12.0 Å². The highest BCUT2D eigenvalue weighted by molar-refractivity contribution is 5.57. The molecule has 9 heteroatoms. The molecule has 1 unspecified atom stereocenters. The van der Waals surface area contributed by atoms with Gasteiger partial charge in [0.2, 0.25) is 0 Å². The van der Waals surface area contributed by atoms with Crippen LogP contribution in [0, 0.1) is 0 Å². The van der Waals surface area contributed by atoms with Crippen LogP contribution in [0.5, 0.6) is 5.75 Å². The number of anilines is 2. The summed E-state index contributed by atoms with van der Waals surface area (Å²) >= 11 is 0. The van der Waals surface area contributed by atoms with Crippen molar-refractivity contribution < 1.29 is 9.47 Å². The first-order chi connectivity index (χ1) is 15.3. The third-order valence-electron chi connectivity index (χ3n) is 5.23. The highest BCUT2D eigenvalue weighted by Crippen LogP contribution is 2.19. The van der Waals surface area contributed by atoms with E-state index in [9.17, 15) is 0 Å². The standard InChI is InChI=1S/C22H25N7O2/c1-3-18(4-2-17(1)14-28-9-11-30-12-10-28)25-21-15-29(27-26-21)19-5-7-20(8-6-19)31-22-13-23-16-24-22/h1-8,15-16,22,25H,9-14H2,(H,23,24). The largest absolute Gasteiger partial charge is 0.469 e. The van der Waals surface area contributed by atoms with Crippen molar-refractivity contribution in [2.75, 3.05) is 38.2 Å². The van der Waals surface area contributed by atoms with Crippen LogP contribution in [0.3, 0.4) is 0 Å². The van der Waals surface area contributed by atoms with Gasteiger partial charge >= 0.3 is 0 Å². The van der Waals surface area contributed by atoms with Crippen LogP contribution in [-0.4, -0.2) is 65.3 Å². The maximum atomic E-state index is 5.80. The second-order valence-corrected chi connectivity index (χ2v) is 7.52. The Morgan fingerprint density at radius 3 is 2.61 bits per heavy atom. The van der Waals surface area contributed by atoms with Crippen LogP contribution in [0.2, 0.25) is 0 Å². The summed E-state index contributed by atoms with van der Waals surface area (Å²) in [5.74, 6) is 1.47. The van der Waals surface area contributed by atoms with Crippen molar-refractivity contribution in [2.24, 2.45) is 4.99 Å². The molecule has 2 aliphatic rings. The minimum Gasteiger partial charge on any atom is -0.469 e. The van der Waals surface area contributed by atoms with Gasteiger partial charge in [0.25, 0.3) is 0 Å². The zero-order valence-corrected chi connectivity index (χ0v) is 17.1. The second-order valence-electron chi connectivity index (χ2n) is 7.52. The van der Waals surface area contributed by atoms with E-state index in [0.717, 1.165) is 50.0 Å². The van der Waals surface area contributed by atoms with E-state index in [4.69, 9.17) is 9.47 Å². The summed E-state index contributed by atoms with van der Waals surface area (Å²) < 4.78 is 12.9. The molecule has 2 aromatic carbocycles. The first kappa shape index (κ1) is 19.5. The number of aromatic nitrogens is 3. The van der Waals surface area contributed by atoms with Crippen LogP contribution in [0.25, 0.3) is 5.69 Å². The number of nitrogens with one attached hydrogen (secondary N) is 2. The van der Waals surface area contributed by atoms with Crippen LogP contribution >= 0.6 is 0 Å². The molecular formula is C22H25N7O2. The molecule has 0 amide bonds. The Morgan fingerprint density at radius 1 is 1.06 bits per heavy atom. The molecule has 3 aromatic rings. The Balaban J connectivity index is 1.17. The summed E-state index contributed by atoms with van der Waals surface area (Å²) in [4.78, 5) is 6.51. The average Bonchev–Trinajstić information content (AvgIpc) is 3.49. The molecule has 1 atom stereocenters. The van der Waals surface area contributed by atoms with Gasteiger partial charge < -0.3 is 20.1 Å². The van der Waals surface area contributed by atoms with Gasteiger partial charge in [-0.05, 0) is 42.0 Å². The lowest BCUT2D eigenvalue weighted by Gasteiger charge is -2.26. The SMILES string of the molecule is C1=NCC(Oc2ccc(-n3cc(Nc4ccc(CN5CCOCC5)cc4)nn3)cc2)N1. The smallest absolute Gasteiger partial charge is 0.190 e. The maximum absolute atomic E-state index is 5.80. The molecule has 0 radical (unpaired) electrons. The predicted octanol–water partition coefficient (Wildman–Crippen LogP) is 2.18. The van der Waals surface area contributed by atoms with Crippen molar-refractivity contribution >= 4 is 17.8 Å². The van der Waals surface area contributed by atoms with Gasteiger partial charge in [-0.2, -0.15) is 0 Å². The zero-order valence-electron chi connectivity index (χ0n) is 17.1. The van der Waals surface area contributed by atoms with Crippen molar-refractivity contribution in [1.29, 1.82) is 0 Å². The van der Waals surface area contributed by atoms with Gasteiger partial charge in [0.05, 0.1) is 38.0 Å². The summed E-state index contributed by atoms with van der Waals surface area (Å²) in [5.41, 5.74) is 3.18. The summed E-state index contributed by atoms with van der Waals surface area (Å²) in [6.45, 7) is 5.18. The molecule has 1 fully saturated rings. The lowest BCUT2D eigenvalue weighted by molar-refractivity contribution is 0.0342. The molecule has 3 heterocycles. The molecule has 0 spiro atoms. The molecule has 0 aliphatic carbocycles. The fourth-order valence-electron chi connectivity index (χ4n) is 3.56. The monoisotopic (exact) mass is 419 g/mol. The Kier molecular flexibility index (Phi) is 5.76. The lowest BCUT2D eigenvalue weighted by atomic mass is 10.2. The number of hydrogen-bond acceptors (Lipinski definition) is 8. The van der Waals surface area contributed by atoms with E-state index < -0.39 is 0 Å². The summed E-state index contributed by atoms with van der Waals surface area (Å²) in [7, 11) is 0. The van der Waals surface area contributed by atoms with Crippen LogP contribution in [0.1, 0.15) is 5.56 Å². The Labute approximate surface area is 180 Å². The second kappa shape index (κ2) is 9.15. The van der Waals surface area contributed by atoms with E-state index in [1.54, 1.807) is 11.0 Å². The van der Waals surface area contributed by atoms with Crippen molar-refractivity contribution in [3.05, 3.63) is 60.3 Å². The minimum atomic E-state index is -0.103. The highest BCUT2D eigenvalue weighted by atomic mass is 16.5. The molecule has 0 saturated carbocycles. The van der Waals surface area contributed by atoms with Gasteiger partial charge in [-0.1, -0.05) is 17.3 Å². The van der Waals surface area contributed by atoms with E-state index in [1.165, 1.54) is 5.56 Å². The van der Waals surface area contributed by atoms with Crippen molar-refractivity contribution in [3.8, 4) is 11.4 Å². The first-order valence-corrected chi connectivity index (χ1v) is 10.4. The fourth-order valence-corrected chi connectivity index (χ4v) is 3.56. The maximum Gasteiger partial charge on any atom is 0.190 e. The predicted molar refractivity (Wildman–Crippen MR) is 118 cm³/mol. The van der Waals surface area contributed by atoms with Crippen LogP contribution in [-0.2, 0) is 11.3 Å².